The Morgan fingerprint density at radius 2 is 2.00 bits per heavy atom. The Morgan fingerprint density at radius 1 is 1.17 bits per heavy atom. The van der Waals surface area contributed by atoms with E-state index in [1.807, 2.05) is 6.20 Å². The molecule has 3 aromatic rings. The van der Waals surface area contributed by atoms with Crippen LogP contribution in [0.3, 0.4) is 0 Å². The molecule has 1 atom stereocenters. The number of fused-ring (bicyclic) bond motifs is 2. The minimum Gasteiger partial charge on any atom is -0.485 e. The number of nitrogen functional groups attached to an aromatic ring is 1. The molecule has 0 aliphatic carbocycles. The van der Waals surface area contributed by atoms with Crippen LogP contribution in [0.5, 0.6) is 5.75 Å². The normalized spacial score (nSPS) is 19.6. The van der Waals surface area contributed by atoms with Crippen LogP contribution in [0.15, 0.2) is 30.5 Å². The molecule has 0 bridgehead atoms. The van der Waals surface area contributed by atoms with Crippen LogP contribution in [0.1, 0.15) is 34.7 Å². The van der Waals surface area contributed by atoms with Gasteiger partial charge in [0, 0.05) is 41.7 Å². The number of anilines is 2. The molecule has 0 radical (unpaired) electrons. The maximum Gasteiger partial charge on any atom is 0.130 e. The number of nitrogens with one attached hydrogen (secondary N) is 1. The van der Waals surface area contributed by atoms with E-state index < -0.39 is 0 Å². The van der Waals surface area contributed by atoms with Crippen molar-refractivity contribution in [2.45, 2.75) is 52.7 Å². The van der Waals surface area contributed by atoms with Gasteiger partial charge in [0.15, 0.2) is 0 Å². The lowest BCUT2D eigenvalue weighted by Crippen LogP contribution is -2.36. The predicted molar refractivity (Wildman–Crippen MR) is 118 cm³/mol. The maximum atomic E-state index is 6.57. The van der Waals surface area contributed by atoms with Gasteiger partial charge in [0.05, 0.1) is 12.2 Å². The van der Waals surface area contributed by atoms with Crippen LogP contribution in [0, 0.1) is 20.8 Å². The monoisotopic (exact) mass is 388 g/mol. The zero-order valence-corrected chi connectivity index (χ0v) is 17.6. The summed E-state index contributed by atoms with van der Waals surface area (Å²) in [6.45, 7) is 10.1. The number of nitrogens with zero attached hydrogens (tertiary/aromatic N) is 2. The summed E-state index contributed by atoms with van der Waals surface area (Å²) in [5.41, 5.74) is 16.5. The Bertz CT molecular complexity index is 1090. The lowest BCUT2D eigenvalue weighted by atomic mass is 9.92. The summed E-state index contributed by atoms with van der Waals surface area (Å²) in [7, 11) is 0. The first kappa shape index (κ1) is 18.1. The van der Waals surface area contributed by atoms with Crippen molar-refractivity contribution >= 4 is 11.4 Å². The summed E-state index contributed by atoms with van der Waals surface area (Å²) in [5, 5.41) is 8.20. The van der Waals surface area contributed by atoms with Crippen LogP contribution < -0.4 is 15.8 Å². The zero-order valence-electron chi connectivity index (χ0n) is 17.6. The van der Waals surface area contributed by atoms with Crippen molar-refractivity contribution < 1.29 is 4.74 Å². The SMILES string of the molecule is Cc1c(C)c2c(c(C)c1N)C[C@@](C)(Cn1nccc1-c1cccc3c1NCC3)O2. The van der Waals surface area contributed by atoms with E-state index in [2.05, 4.69) is 67.1 Å². The number of ether oxygens (including phenoxy) is 1. The van der Waals surface area contributed by atoms with Crippen LogP contribution in [0.2, 0.25) is 0 Å². The number of hydrogen-bond donors (Lipinski definition) is 2. The van der Waals surface area contributed by atoms with Crippen molar-refractivity contribution in [3.63, 3.8) is 0 Å². The van der Waals surface area contributed by atoms with E-state index in [-0.39, 0.29) is 5.60 Å². The van der Waals surface area contributed by atoms with E-state index in [4.69, 9.17) is 10.5 Å². The molecular formula is C24H28N4O. The standard InChI is InChI=1S/C24H28N4O/c1-14-15(2)23-19(16(3)21(14)25)12-24(4,29-23)13-28-20(9-11-27-28)18-7-5-6-17-8-10-26-22(17)18/h5-7,9,11,26H,8,10,12-13,25H2,1-4H3/t24-/m0/s1. The third-order valence-electron chi connectivity index (χ3n) is 6.66. The lowest BCUT2D eigenvalue weighted by Gasteiger charge is -2.25. The fraction of sp³-hybridized carbons (Fsp3) is 0.375. The Morgan fingerprint density at radius 3 is 2.83 bits per heavy atom. The molecule has 0 amide bonds. The van der Waals surface area contributed by atoms with Crippen LogP contribution >= 0.6 is 0 Å². The molecule has 0 spiro atoms. The number of aromatic nitrogens is 2. The molecule has 0 saturated carbocycles. The van der Waals surface area contributed by atoms with Crippen molar-refractivity contribution in [1.82, 2.24) is 9.78 Å². The molecule has 2 aromatic carbocycles. The smallest absolute Gasteiger partial charge is 0.130 e. The highest BCUT2D eigenvalue weighted by molar-refractivity contribution is 5.80. The van der Waals surface area contributed by atoms with Gasteiger partial charge in [0.25, 0.3) is 0 Å². The Kier molecular flexibility index (Phi) is 3.92. The summed E-state index contributed by atoms with van der Waals surface area (Å²) in [6, 6.07) is 8.62. The molecule has 2 aliphatic rings. The topological polar surface area (TPSA) is 65.1 Å². The number of rotatable bonds is 3. The number of nitrogens with two attached hydrogens (primary N) is 1. The summed E-state index contributed by atoms with van der Waals surface area (Å²) < 4.78 is 8.65. The van der Waals surface area contributed by atoms with Crippen molar-refractivity contribution in [3.05, 3.63) is 58.3 Å². The number of para-hydroxylation sites is 1. The molecule has 150 valence electrons. The minimum absolute atomic E-state index is 0.357. The molecular weight excluding hydrogens is 360 g/mol. The highest BCUT2D eigenvalue weighted by Gasteiger charge is 2.39. The van der Waals surface area contributed by atoms with E-state index >= 15 is 0 Å². The van der Waals surface area contributed by atoms with Crippen molar-refractivity contribution in [3.8, 4) is 17.0 Å². The number of hydrogen-bond acceptors (Lipinski definition) is 4. The van der Waals surface area contributed by atoms with E-state index in [1.54, 1.807) is 0 Å². The highest BCUT2D eigenvalue weighted by atomic mass is 16.5. The fourth-order valence-corrected chi connectivity index (χ4v) is 4.87. The second-order valence-corrected chi connectivity index (χ2v) is 8.72. The molecule has 3 N–H and O–H groups in total. The van der Waals surface area contributed by atoms with Gasteiger partial charge in [-0.15, -0.1) is 0 Å². The highest BCUT2D eigenvalue weighted by Crippen LogP contribution is 2.44. The van der Waals surface area contributed by atoms with Gasteiger partial charge in [-0.3, -0.25) is 4.68 Å². The number of benzene rings is 2. The van der Waals surface area contributed by atoms with E-state index in [9.17, 15) is 0 Å². The average Bonchev–Trinajstić information content (AvgIpc) is 3.43. The summed E-state index contributed by atoms with van der Waals surface area (Å²) in [5.74, 6) is 1.01. The van der Waals surface area contributed by atoms with Gasteiger partial charge in [-0.2, -0.15) is 5.10 Å². The Hall–Kier alpha value is -2.95. The van der Waals surface area contributed by atoms with Gasteiger partial charge in [-0.05, 0) is 62.4 Å². The molecule has 5 rings (SSSR count). The second kappa shape index (κ2) is 6.28. The Labute approximate surface area is 171 Å². The van der Waals surface area contributed by atoms with Crippen LogP contribution in [0.4, 0.5) is 11.4 Å². The molecule has 1 aromatic heterocycles. The fourth-order valence-electron chi connectivity index (χ4n) is 4.87. The van der Waals surface area contributed by atoms with Crippen LogP contribution in [-0.4, -0.2) is 21.9 Å². The van der Waals surface area contributed by atoms with E-state index in [1.165, 1.54) is 22.4 Å². The quantitative estimate of drug-likeness (QED) is 0.652. The van der Waals surface area contributed by atoms with Gasteiger partial charge in [0.2, 0.25) is 0 Å². The van der Waals surface area contributed by atoms with Crippen molar-refractivity contribution in [1.29, 1.82) is 0 Å². The zero-order chi connectivity index (χ0) is 20.3. The maximum absolute atomic E-state index is 6.57. The van der Waals surface area contributed by atoms with Crippen molar-refractivity contribution in [2.75, 3.05) is 17.6 Å². The molecule has 0 saturated heterocycles. The third kappa shape index (κ3) is 2.71. The Balaban J connectivity index is 1.50. The van der Waals surface area contributed by atoms with Crippen LogP contribution in [0.25, 0.3) is 11.3 Å². The molecule has 29 heavy (non-hydrogen) atoms. The second-order valence-electron chi connectivity index (χ2n) is 8.72. The summed E-state index contributed by atoms with van der Waals surface area (Å²) in [6.07, 6.45) is 3.80. The van der Waals surface area contributed by atoms with Gasteiger partial charge < -0.3 is 15.8 Å². The molecule has 5 heteroatoms. The van der Waals surface area contributed by atoms with E-state index in [0.717, 1.165) is 53.2 Å². The first-order valence-corrected chi connectivity index (χ1v) is 10.3. The molecule has 0 fully saturated rings. The van der Waals surface area contributed by atoms with Gasteiger partial charge in [0.1, 0.15) is 11.4 Å². The first-order valence-electron chi connectivity index (χ1n) is 10.3. The molecule has 3 heterocycles. The average molecular weight is 389 g/mol. The van der Waals surface area contributed by atoms with Gasteiger partial charge in [-0.1, -0.05) is 18.2 Å². The lowest BCUT2D eigenvalue weighted by molar-refractivity contribution is 0.0906. The minimum atomic E-state index is -0.357. The van der Waals surface area contributed by atoms with Gasteiger partial charge in [-0.25, -0.2) is 0 Å². The molecule has 5 nitrogen and oxygen atoms in total. The summed E-state index contributed by atoms with van der Waals surface area (Å²) in [4.78, 5) is 0. The molecule has 2 aliphatic heterocycles. The van der Waals surface area contributed by atoms with Crippen LogP contribution in [-0.2, 0) is 19.4 Å². The summed E-state index contributed by atoms with van der Waals surface area (Å²) >= 11 is 0. The molecule has 0 unspecified atom stereocenters. The van der Waals surface area contributed by atoms with E-state index in [0.29, 0.717) is 6.54 Å². The van der Waals surface area contributed by atoms with Crippen molar-refractivity contribution in [2.24, 2.45) is 0 Å². The third-order valence-corrected chi connectivity index (χ3v) is 6.66. The largest absolute Gasteiger partial charge is 0.485 e. The first-order chi connectivity index (χ1) is 13.9. The van der Waals surface area contributed by atoms with Gasteiger partial charge >= 0.3 is 0 Å². The predicted octanol–water partition coefficient (Wildman–Crippen LogP) is 4.42.